The van der Waals surface area contributed by atoms with Crippen LogP contribution in [0.15, 0.2) is 0 Å². The van der Waals surface area contributed by atoms with Crippen molar-refractivity contribution in [2.75, 3.05) is 46.4 Å². The molecule has 112 valence electrons. The van der Waals surface area contributed by atoms with Crippen molar-refractivity contribution < 1.29 is 19.1 Å². The normalized spacial score (nSPS) is 20.4. The van der Waals surface area contributed by atoms with Crippen LogP contribution in [0.4, 0.5) is 0 Å². The second-order valence-corrected chi connectivity index (χ2v) is 5.26. The van der Waals surface area contributed by atoms with Crippen molar-refractivity contribution >= 4 is 18.2 Å². The van der Waals surface area contributed by atoms with Crippen molar-refractivity contribution in [3.63, 3.8) is 0 Å². The second kappa shape index (κ2) is 6.21. The number of rotatable bonds is 6. The lowest BCUT2D eigenvalue weighted by Gasteiger charge is -2.34. The van der Waals surface area contributed by atoms with Crippen molar-refractivity contribution in [3.8, 4) is 0 Å². The van der Waals surface area contributed by atoms with Crippen molar-refractivity contribution in [3.05, 3.63) is 0 Å². The highest BCUT2D eigenvalue weighted by Gasteiger charge is 2.57. The molecule has 7 heteroatoms. The number of carbonyl (C=O) groups excluding carboxylic acids is 3. The first-order valence-electron chi connectivity index (χ1n) is 6.90. The molecule has 0 radical (unpaired) electrons. The average molecular weight is 283 g/mol. The first kappa shape index (κ1) is 14.8. The Morgan fingerprint density at radius 1 is 1.25 bits per heavy atom. The molecule has 1 saturated heterocycles. The zero-order chi connectivity index (χ0) is 14.6. The summed E-state index contributed by atoms with van der Waals surface area (Å²) >= 11 is 0. The standard InChI is InChI=1S/C13H21N3O4/c1-20-9-4-14-11(18)13(2-3-13)12(19)16-7-5-15(10-17)6-8-16/h10H,2-9H2,1H3,(H,14,18). The van der Waals surface area contributed by atoms with Crippen LogP contribution in [-0.2, 0) is 19.1 Å². The lowest BCUT2D eigenvalue weighted by atomic mass is 10.0. The predicted octanol–water partition coefficient (Wildman–Crippen LogP) is -1.17. The summed E-state index contributed by atoms with van der Waals surface area (Å²) in [5.74, 6) is -0.296. The highest BCUT2D eigenvalue weighted by molar-refractivity contribution is 6.07. The van der Waals surface area contributed by atoms with Crippen LogP contribution in [0.25, 0.3) is 0 Å². The largest absolute Gasteiger partial charge is 0.383 e. The van der Waals surface area contributed by atoms with Crippen LogP contribution in [0.5, 0.6) is 0 Å². The van der Waals surface area contributed by atoms with E-state index in [-0.39, 0.29) is 11.8 Å². The number of hydrogen-bond donors (Lipinski definition) is 1. The number of piperazine rings is 1. The lowest BCUT2D eigenvalue weighted by Crippen LogP contribution is -2.53. The van der Waals surface area contributed by atoms with Gasteiger partial charge < -0.3 is 19.9 Å². The first-order chi connectivity index (χ1) is 9.64. The lowest BCUT2D eigenvalue weighted by molar-refractivity contribution is -0.146. The molecule has 20 heavy (non-hydrogen) atoms. The third-order valence-electron chi connectivity index (χ3n) is 3.94. The van der Waals surface area contributed by atoms with Gasteiger partial charge in [0.2, 0.25) is 18.2 Å². The minimum atomic E-state index is -0.864. The third-order valence-corrected chi connectivity index (χ3v) is 3.94. The fourth-order valence-electron chi connectivity index (χ4n) is 2.43. The van der Waals surface area contributed by atoms with Gasteiger partial charge in [0, 0.05) is 39.8 Å². The van der Waals surface area contributed by atoms with Gasteiger partial charge in [0.25, 0.3) is 0 Å². The molecule has 0 aromatic carbocycles. The van der Waals surface area contributed by atoms with Crippen molar-refractivity contribution in [2.24, 2.45) is 5.41 Å². The Labute approximate surface area is 118 Å². The molecule has 0 aromatic rings. The SMILES string of the molecule is COCCNC(=O)C1(C(=O)N2CCN(C=O)CC2)CC1. The Kier molecular flexibility index (Phi) is 4.59. The molecule has 0 spiro atoms. The molecule has 0 aromatic heterocycles. The predicted molar refractivity (Wildman–Crippen MR) is 70.8 cm³/mol. The Bertz CT molecular complexity index is 387. The summed E-state index contributed by atoms with van der Waals surface area (Å²) in [5, 5.41) is 2.75. The second-order valence-electron chi connectivity index (χ2n) is 5.26. The number of hydrogen-bond acceptors (Lipinski definition) is 4. The van der Waals surface area contributed by atoms with Gasteiger partial charge in [-0.1, -0.05) is 0 Å². The molecule has 0 atom stereocenters. The van der Waals surface area contributed by atoms with E-state index < -0.39 is 5.41 Å². The Morgan fingerprint density at radius 3 is 2.40 bits per heavy atom. The molecule has 0 bridgehead atoms. The fraction of sp³-hybridized carbons (Fsp3) is 0.769. The molecule has 2 fully saturated rings. The summed E-state index contributed by atoms with van der Waals surface area (Å²) in [6, 6.07) is 0. The van der Waals surface area contributed by atoms with Crippen LogP contribution in [0.2, 0.25) is 0 Å². The van der Waals surface area contributed by atoms with Crippen molar-refractivity contribution in [1.82, 2.24) is 15.1 Å². The van der Waals surface area contributed by atoms with Crippen molar-refractivity contribution in [2.45, 2.75) is 12.8 Å². The molecule has 3 amide bonds. The average Bonchev–Trinajstić information content (AvgIpc) is 3.28. The van der Waals surface area contributed by atoms with E-state index in [4.69, 9.17) is 4.74 Å². The minimum absolute atomic E-state index is 0.0991. The third kappa shape index (κ3) is 2.92. The quantitative estimate of drug-likeness (QED) is 0.378. The van der Waals surface area contributed by atoms with E-state index >= 15 is 0 Å². The van der Waals surface area contributed by atoms with E-state index in [0.29, 0.717) is 52.2 Å². The number of nitrogens with zero attached hydrogens (tertiary/aromatic N) is 2. The molecule has 2 rings (SSSR count). The van der Waals surface area contributed by atoms with Crippen molar-refractivity contribution in [1.29, 1.82) is 0 Å². The fourth-order valence-corrected chi connectivity index (χ4v) is 2.43. The van der Waals surface area contributed by atoms with Gasteiger partial charge in [-0.25, -0.2) is 0 Å². The summed E-state index contributed by atoms with van der Waals surface area (Å²) in [6.07, 6.45) is 2.02. The highest BCUT2D eigenvalue weighted by Crippen LogP contribution is 2.47. The number of methoxy groups -OCH3 is 1. The number of carbonyl (C=O) groups is 3. The zero-order valence-electron chi connectivity index (χ0n) is 11.8. The number of ether oxygens (including phenoxy) is 1. The van der Waals surface area contributed by atoms with Gasteiger partial charge in [0.05, 0.1) is 6.61 Å². The van der Waals surface area contributed by atoms with E-state index in [9.17, 15) is 14.4 Å². The van der Waals surface area contributed by atoms with E-state index in [0.717, 1.165) is 6.41 Å². The molecule has 1 N–H and O–H groups in total. The zero-order valence-corrected chi connectivity index (χ0v) is 11.8. The summed E-state index contributed by atoms with van der Waals surface area (Å²) < 4.78 is 4.88. The number of nitrogens with one attached hydrogen (secondary N) is 1. The smallest absolute Gasteiger partial charge is 0.238 e. The molecule has 1 aliphatic heterocycles. The molecular formula is C13H21N3O4. The maximum absolute atomic E-state index is 12.5. The topological polar surface area (TPSA) is 79.0 Å². The Balaban J connectivity index is 1.88. The van der Waals surface area contributed by atoms with Gasteiger partial charge in [-0.05, 0) is 12.8 Å². The van der Waals surface area contributed by atoms with Gasteiger partial charge in [0.1, 0.15) is 5.41 Å². The monoisotopic (exact) mass is 283 g/mol. The van der Waals surface area contributed by atoms with Gasteiger partial charge >= 0.3 is 0 Å². The molecule has 1 heterocycles. The van der Waals surface area contributed by atoms with E-state index in [1.54, 1.807) is 16.9 Å². The molecule has 2 aliphatic rings. The van der Waals surface area contributed by atoms with E-state index in [2.05, 4.69) is 5.32 Å². The van der Waals surface area contributed by atoms with Gasteiger partial charge in [-0.2, -0.15) is 0 Å². The van der Waals surface area contributed by atoms with Gasteiger partial charge in [-0.3, -0.25) is 14.4 Å². The first-order valence-corrected chi connectivity index (χ1v) is 6.90. The highest BCUT2D eigenvalue weighted by atomic mass is 16.5. The maximum atomic E-state index is 12.5. The van der Waals surface area contributed by atoms with Crippen LogP contribution < -0.4 is 5.32 Å². The molecular weight excluding hydrogens is 262 g/mol. The van der Waals surface area contributed by atoms with Crippen LogP contribution in [0.3, 0.4) is 0 Å². The van der Waals surface area contributed by atoms with Crippen LogP contribution in [0, 0.1) is 5.41 Å². The molecule has 1 aliphatic carbocycles. The Hall–Kier alpha value is -1.63. The van der Waals surface area contributed by atoms with Crippen LogP contribution in [0.1, 0.15) is 12.8 Å². The van der Waals surface area contributed by atoms with Gasteiger partial charge in [0.15, 0.2) is 0 Å². The summed E-state index contributed by atoms with van der Waals surface area (Å²) in [4.78, 5) is 38.6. The summed E-state index contributed by atoms with van der Waals surface area (Å²) in [6.45, 7) is 2.94. The maximum Gasteiger partial charge on any atom is 0.238 e. The molecule has 1 saturated carbocycles. The van der Waals surface area contributed by atoms with Crippen LogP contribution >= 0.6 is 0 Å². The minimum Gasteiger partial charge on any atom is -0.383 e. The Morgan fingerprint density at radius 2 is 1.90 bits per heavy atom. The molecule has 0 unspecified atom stereocenters. The van der Waals surface area contributed by atoms with E-state index in [1.807, 2.05) is 0 Å². The summed E-state index contributed by atoms with van der Waals surface area (Å²) in [5.41, 5.74) is -0.864. The summed E-state index contributed by atoms with van der Waals surface area (Å²) in [7, 11) is 1.57. The van der Waals surface area contributed by atoms with Gasteiger partial charge in [-0.15, -0.1) is 0 Å². The molecule has 7 nitrogen and oxygen atoms in total. The number of amides is 3. The van der Waals surface area contributed by atoms with E-state index in [1.165, 1.54) is 0 Å². The van der Waals surface area contributed by atoms with Crippen LogP contribution in [-0.4, -0.2) is 74.5 Å².